The van der Waals surface area contributed by atoms with E-state index in [9.17, 15) is 0 Å². The van der Waals surface area contributed by atoms with Gasteiger partial charge in [0.1, 0.15) is 5.75 Å². The van der Waals surface area contributed by atoms with E-state index in [1.54, 1.807) is 0 Å². The Morgan fingerprint density at radius 1 is 1.11 bits per heavy atom. The highest BCUT2D eigenvalue weighted by Crippen LogP contribution is 2.17. The minimum absolute atomic E-state index is 0.773. The second-order valence-electron chi connectivity index (χ2n) is 4.36. The minimum Gasteiger partial charge on any atom is -0.494 e. The van der Waals surface area contributed by atoms with Crippen molar-refractivity contribution in [3.8, 4) is 5.75 Å². The summed E-state index contributed by atoms with van der Waals surface area (Å²) in [6, 6.07) is 16.4. The van der Waals surface area contributed by atoms with E-state index >= 15 is 0 Å². The Bertz CT molecular complexity index is 510. The van der Waals surface area contributed by atoms with Gasteiger partial charge in [0.05, 0.1) is 6.61 Å². The maximum atomic E-state index is 5.56. The van der Waals surface area contributed by atoms with E-state index in [-0.39, 0.29) is 0 Å². The van der Waals surface area contributed by atoms with Gasteiger partial charge in [0.2, 0.25) is 0 Å². The highest BCUT2D eigenvalue weighted by Gasteiger charge is 1.97. The summed E-state index contributed by atoms with van der Waals surface area (Å²) < 4.78 is 6.65. The average Bonchev–Trinajstić information content (AvgIpc) is 2.44. The molecule has 2 aromatic carbocycles. The van der Waals surface area contributed by atoms with Crippen molar-refractivity contribution in [3.63, 3.8) is 0 Å². The fourth-order valence-electron chi connectivity index (χ4n) is 1.73. The molecule has 0 saturated heterocycles. The van der Waals surface area contributed by atoms with E-state index in [0.717, 1.165) is 35.5 Å². The van der Waals surface area contributed by atoms with Crippen LogP contribution in [0.4, 0.5) is 5.69 Å². The molecule has 0 amide bonds. The van der Waals surface area contributed by atoms with Gasteiger partial charge < -0.3 is 10.1 Å². The highest BCUT2D eigenvalue weighted by atomic mass is 79.9. The Kier molecular flexibility index (Phi) is 5.28. The first-order valence-electron chi connectivity index (χ1n) is 6.49. The summed E-state index contributed by atoms with van der Waals surface area (Å²) in [5.41, 5.74) is 2.35. The number of benzene rings is 2. The van der Waals surface area contributed by atoms with Crippen LogP contribution in [0.5, 0.6) is 5.75 Å². The molecule has 0 aliphatic rings. The van der Waals surface area contributed by atoms with Crippen LogP contribution in [-0.4, -0.2) is 6.61 Å². The molecule has 2 aromatic rings. The van der Waals surface area contributed by atoms with Crippen molar-refractivity contribution in [1.82, 2.24) is 0 Å². The summed E-state index contributed by atoms with van der Waals surface area (Å²) in [6.07, 6.45) is 1.03. The van der Waals surface area contributed by atoms with Crippen LogP contribution in [0.15, 0.2) is 53.0 Å². The molecule has 0 spiro atoms. The van der Waals surface area contributed by atoms with Gasteiger partial charge in [-0.05, 0) is 42.3 Å². The maximum Gasteiger partial charge on any atom is 0.119 e. The van der Waals surface area contributed by atoms with Crippen molar-refractivity contribution in [2.75, 3.05) is 11.9 Å². The first-order chi connectivity index (χ1) is 9.28. The fraction of sp³-hybridized carbons (Fsp3) is 0.250. The third-order valence-electron chi connectivity index (χ3n) is 2.72. The number of ether oxygens (including phenoxy) is 1. The van der Waals surface area contributed by atoms with Crippen molar-refractivity contribution in [2.24, 2.45) is 0 Å². The van der Waals surface area contributed by atoms with E-state index in [1.807, 2.05) is 24.3 Å². The molecule has 0 heterocycles. The third-order valence-corrected chi connectivity index (χ3v) is 3.21. The maximum absolute atomic E-state index is 5.56. The molecule has 0 radical (unpaired) electrons. The van der Waals surface area contributed by atoms with Crippen molar-refractivity contribution >= 4 is 21.6 Å². The van der Waals surface area contributed by atoms with Crippen LogP contribution >= 0.6 is 15.9 Å². The second-order valence-corrected chi connectivity index (χ2v) is 5.27. The zero-order valence-electron chi connectivity index (χ0n) is 11.0. The number of nitrogens with one attached hydrogen (secondary N) is 1. The lowest BCUT2D eigenvalue weighted by atomic mass is 10.2. The lowest BCUT2D eigenvalue weighted by Crippen LogP contribution is -2.00. The minimum atomic E-state index is 0.773. The predicted molar refractivity (Wildman–Crippen MR) is 83.7 cm³/mol. The van der Waals surface area contributed by atoms with Crippen LogP contribution in [0.2, 0.25) is 0 Å². The van der Waals surface area contributed by atoms with Gasteiger partial charge >= 0.3 is 0 Å². The Morgan fingerprint density at radius 2 is 1.89 bits per heavy atom. The Balaban J connectivity index is 1.89. The summed E-state index contributed by atoms with van der Waals surface area (Å²) in [6.45, 7) is 3.69. The van der Waals surface area contributed by atoms with E-state index < -0.39 is 0 Å². The largest absolute Gasteiger partial charge is 0.494 e. The normalized spacial score (nSPS) is 10.2. The van der Waals surface area contributed by atoms with Crippen LogP contribution < -0.4 is 10.1 Å². The van der Waals surface area contributed by atoms with Gasteiger partial charge in [0.15, 0.2) is 0 Å². The molecular weight excluding hydrogens is 302 g/mol. The zero-order valence-corrected chi connectivity index (χ0v) is 12.6. The van der Waals surface area contributed by atoms with Gasteiger partial charge in [-0.2, -0.15) is 0 Å². The molecule has 19 heavy (non-hydrogen) atoms. The Morgan fingerprint density at radius 3 is 2.58 bits per heavy atom. The summed E-state index contributed by atoms with van der Waals surface area (Å²) >= 11 is 3.47. The molecule has 0 bridgehead atoms. The number of rotatable bonds is 6. The van der Waals surface area contributed by atoms with E-state index in [2.05, 4.69) is 52.4 Å². The zero-order chi connectivity index (χ0) is 13.5. The van der Waals surface area contributed by atoms with Gasteiger partial charge in [-0.1, -0.05) is 41.1 Å². The first-order valence-corrected chi connectivity index (χ1v) is 7.28. The number of hydrogen-bond acceptors (Lipinski definition) is 2. The molecule has 2 rings (SSSR count). The monoisotopic (exact) mass is 319 g/mol. The van der Waals surface area contributed by atoms with Gasteiger partial charge in [0.25, 0.3) is 0 Å². The Hall–Kier alpha value is -1.48. The molecule has 0 aliphatic carbocycles. The lowest BCUT2D eigenvalue weighted by molar-refractivity contribution is 0.317. The third kappa shape index (κ3) is 4.60. The van der Waals surface area contributed by atoms with Crippen LogP contribution in [0.1, 0.15) is 18.9 Å². The van der Waals surface area contributed by atoms with Crippen LogP contribution in [0.25, 0.3) is 0 Å². The van der Waals surface area contributed by atoms with Crippen LogP contribution in [0, 0.1) is 0 Å². The SMILES string of the molecule is CCCOc1ccc(CNc2cccc(Br)c2)cc1. The van der Waals surface area contributed by atoms with Gasteiger partial charge in [-0.15, -0.1) is 0 Å². The highest BCUT2D eigenvalue weighted by molar-refractivity contribution is 9.10. The summed E-state index contributed by atoms with van der Waals surface area (Å²) in [7, 11) is 0. The topological polar surface area (TPSA) is 21.3 Å². The van der Waals surface area contributed by atoms with Gasteiger partial charge in [-0.3, -0.25) is 0 Å². The van der Waals surface area contributed by atoms with E-state index in [0.29, 0.717) is 0 Å². The van der Waals surface area contributed by atoms with E-state index in [4.69, 9.17) is 4.74 Å². The van der Waals surface area contributed by atoms with Gasteiger partial charge in [-0.25, -0.2) is 0 Å². The molecule has 0 atom stereocenters. The summed E-state index contributed by atoms with van der Waals surface area (Å²) in [4.78, 5) is 0. The molecule has 1 N–H and O–H groups in total. The van der Waals surface area contributed by atoms with Crippen molar-refractivity contribution < 1.29 is 4.74 Å². The van der Waals surface area contributed by atoms with Crippen LogP contribution in [0.3, 0.4) is 0 Å². The first kappa shape index (κ1) is 13.9. The van der Waals surface area contributed by atoms with Crippen molar-refractivity contribution in [1.29, 1.82) is 0 Å². The number of anilines is 1. The molecule has 0 saturated carbocycles. The quantitative estimate of drug-likeness (QED) is 0.821. The van der Waals surface area contributed by atoms with Crippen molar-refractivity contribution in [3.05, 3.63) is 58.6 Å². The fourth-order valence-corrected chi connectivity index (χ4v) is 2.13. The molecular formula is C16H18BrNO. The van der Waals surface area contributed by atoms with Crippen molar-refractivity contribution in [2.45, 2.75) is 19.9 Å². The van der Waals surface area contributed by atoms with E-state index in [1.165, 1.54) is 5.56 Å². The molecule has 0 fully saturated rings. The molecule has 3 heteroatoms. The standard InChI is InChI=1S/C16H18BrNO/c1-2-10-19-16-8-6-13(7-9-16)12-18-15-5-3-4-14(17)11-15/h3-9,11,18H,2,10,12H2,1H3. The molecule has 0 aromatic heterocycles. The molecule has 0 unspecified atom stereocenters. The van der Waals surface area contributed by atoms with Crippen LogP contribution in [-0.2, 0) is 6.54 Å². The number of halogens is 1. The average molecular weight is 320 g/mol. The smallest absolute Gasteiger partial charge is 0.119 e. The molecule has 2 nitrogen and oxygen atoms in total. The molecule has 100 valence electrons. The molecule has 0 aliphatic heterocycles. The number of hydrogen-bond donors (Lipinski definition) is 1. The predicted octanol–water partition coefficient (Wildman–Crippen LogP) is 4.85. The summed E-state index contributed by atoms with van der Waals surface area (Å²) in [5, 5.41) is 3.39. The summed E-state index contributed by atoms with van der Waals surface area (Å²) in [5.74, 6) is 0.938. The lowest BCUT2D eigenvalue weighted by Gasteiger charge is -2.08. The van der Waals surface area contributed by atoms with Gasteiger partial charge in [0, 0.05) is 16.7 Å². The second kappa shape index (κ2) is 7.19. The Labute approximate surface area is 122 Å².